The molecule has 1 aliphatic rings. The Morgan fingerprint density at radius 3 is 2.22 bits per heavy atom. The minimum atomic E-state index is -1.83. The fourth-order valence-corrected chi connectivity index (χ4v) is 3.83. The molecular formula is C23H26F2N6O. The zero-order valence-electron chi connectivity index (χ0n) is 17.7. The lowest BCUT2D eigenvalue weighted by Gasteiger charge is -2.29. The van der Waals surface area contributed by atoms with Crippen LogP contribution in [-0.4, -0.2) is 47.5 Å². The van der Waals surface area contributed by atoms with Gasteiger partial charge in [0.2, 0.25) is 0 Å². The van der Waals surface area contributed by atoms with Gasteiger partial charge in [-0.25, -0.2) is 9.89 Å². The minimum Gasteiger partial charge on any atom is -0.369 e. The number of benzene rings is 2. The summed E-state index contributed by atoms with van der Waals surface area (Å²) in [4.78, 5) is 14.5. The molecule has 0 bridgehead atoms. The third kappa shape index (κ3) is 4.95. The summed E-state index contributed by atoms with van der Waals surface area (Å²) in [5.74, 6) is 0.232. The van der Waals surface area contributed by atoms with Crippen LogP contribution < -0.4 is 21.6 Å². The van der Waals surface area contributed by atoms with E-state index >= 15 is 0 Å². The van der Waals surface area contributed by atoms with Crippen molar-refractivity contribution in [1.82, 2.24) is 20.1 Å². The first kappa shape index (κ1) is 21.9. The zero-order valence-corrected chi connectivity index (χ0v) is 17.7. The SMILES string of the molecule is NCC(Cc1n[nH]c(=O)n1Cc1ccc(-c2ccc(N3CCNCC3)cc2)cc1)=C(F)F. The molecule has 0 radical (unpaired) electrons. The molecule has 0 unspecified atom stereocenters. The number of rotatable bonds is 7. The fraction of sp³-hybridized carbons (Fsp3) is 0.304. The normalized spacial score (nSPS) is 13.9. The number of nitrogens with zero attached hydrogens (tertiary/aromatic N) is 3. The molecule has 4 rings (SSSR count). The summed E-state index contributed by atoms with van der Waals surface area (Å²) >= 11 is 0. The van der Waals surface area contributed by atoms with E-state index in [4.69, 9.17) is 5.73 Å². The molecular weight excluding hydrogens is 414 g/mol. The maximum absolute atomic E-state index is 13.0. The van der Waals surface area contributed by atoms with Gasteiger partial charge in [-0.2, -0.15) is 13.9 Å². The summed E-state index contributed by atoms with van der Waals surface area (Å²) in [7, 11) is 0. The van der Waals surface area contributed by atoms with Crippen LogP contribution >= 0.6 is 0 Å². The van der Waals surface area contributed by atoms with Gasteiger partial charge >= 0.3 is 5.69 Å². The topological polar surface area (TPSA) is 92.0 Å². The fourth-order valence-electron chi connectivity index (χ4n) is 3.83. The second-order valence-electron chi connectivity index (χ2n) is 7.76. The third-order valence-corrected chi connectivity index (χ3v) is 5.70. The monoisotopic (exact) mass is 440 g/mol. The van der Waals surface area contributed by atoms with Gasteiger partial charge in [0.15, 0.2) is 0 Å². The summed E-state index contributed by atoms with van der Waals surface area (Å²) in [6.45, 7) is 3.95. The first-order valence-electron chi connectivity index (χ1n) is 10.6. The second-order valence-corrected chi connectivity index (χ2v) is 7.76. The first-order valence-corrected chi connectivity index (χ1v) is 10.6. The summed E-state index contributed by atoms with van der Waals surface area (Å²) in [6.07, 6.45) is -2.00. The predicted molar refractivity (Wildman–Crippen MR) is 121 cm³/mol. The summed E-state index contributed by atoms with van der Waals surface area (Å²) in [6, 6.07) is 16.3. The molecule has 1 saturated heterocycles. The van der Waals surface area contributed by atoms with Crippen LogP contribution in [0.15, 0.2) is 65.0 Å². The highest BCUT2D eigenvalue weighted by molar-refractivity contribution is 5.66. The van der Waals surface area contributed by atoms with Crippen molar-refractivity contribution in [2.45, 2.75) is 13.0 Å². The Balaban J connectivity index is 1.47. The van der Waals surface area contributed by atoms with E-state index in [0.29, 0.717) is 0 Å². The van der Waals surface area contributed by atoms with Crippen LogP contribution in [0.4, 0.5) is 14.5 Å². The zero-order chi connectivity index (χ0) is 22.5. The molecule has 2 aromatic carbocycles. The summed E-state index contributed by atoms with van der Waals surface area (Å²) in [5.41, 5.74) is 8.97. The van der Waals surface area contributed by atoms with Crippen molar-refractivity contribution >= 4 is 5.69 Å². The predicted octanol–water partition coefficient (Wildman–Crippen LogP) is 2.35. The number of aromatic nitrogens is 3. The second kappa shape index (κ2) is 9.88. The van der Waals surface area contributed by atoms with E-state index in [1.807, 2.05) is 24.3 Å². The van der Waals surface area contributed by atoms with Crippen molar-refractivity contribution < 1.29 is 8.78 Å². The quantitative estimate of drug-likeness (QED) is 0.525. The number of nitrogens with one attached hydrogen (secondary N) is 2. The molecule has 9 heteroatoms. The van der Waals surface area contributed by atoms with E-state index in [2.05, 4.69) is 44.7 Å². The van der Waals surface area contributed by atoms with Crippen molar-refractivity contribution in [2.24, 2.45) is 5.73 Å². The molecule has 1 aromatic heterocycles. The van der Waals surface area contributed by atoms with Crippen LogP contribution in [0.3, 0.4) is 0 Å². The Kier molecular flexibility index (Phi) is 6.77. The van der Waals surface area contributed by atoms with E-state index in [9.17, 15) is 13.6 Å². The Bertz CT molecular complexity index is 1120. The highest BCUT2D eigenvalue weighted by Gasteiger charge is 2.14. The van der Waals surface area contributed by atoms with E-state index < -0.39 is 11.8 Å². The van der Waals surface area contributed by atoms with Crippen LogP contribution in [0.5, 0.6) is 0 Å². The van der Waals surface area contributed by atoms with Crippen molar-refractivity contribution in [1.29, 1.82) is 0 Å². The number of halogens is 2. The largest absolute Gasteiger partial charge is 0.369 e. The van der Waals surface area contributed by atoms with Crippen molar-refractivity contribution in [3.05, 3.63) is 82.1 Å². The summed E-state index contributed by atoms with van der Waals surface area (Å²) in [5, 5.41) is 9.58. The number of H-pyrrole nitrogens is 1. The molecule has 2 heterocycles. The number of hydrogen-bond donors (Lipinski definition) is 3. The average molecular weight is 440 g/mol. The Morgan fingerprint density at radius 2 is 1.62 bits per heavy atom. The highest BCUT2D eigenvalue weighted by atomic mass is 19.3. The molecule has 7 nitrogen and oxygen atoms in total. The lowest BCUT2D eigenvalue weighted by Crippen LogP contribution is -2.43. The molecule has 1 aliphatic heterocycles. The number of piperazine rings is 1. The Morgan fingerprint density at radius 1 is 1.00 bits per heavy atom. The average Bonchev–Trinajstić information content (AvgIpc) is 3.17. The third-order valence-electron chi connectivity index (χ3n) is 5.70. The molecule has 0 saturated carbocycles. The standard InChI is InChI=1S/C23H26F2N6O/c24-22(25)19(14-26)13-21-28-29-23(32)31(21)15-16-1-3-17(4-2-16)18-5-7-20(8-6-18)30-11-9-27-10-12-30/h1-8,27H,9-15,26H2,(H,29,32). The van der Waals surface area contributed by atoms with Crippen molar-refractivity contribution in [3.8, 4) is 11.1 Å². The summed E-state index contributed by atoms with van der Waals surface area (Å²) < 4.78 is 27.3. The van der Waals surface area contributed by atoms with E-state index in [-0.39, 0.29) is 30.9 Å². The van der Waals surface area contributed by atoms with E-state index in [1.165, 1.54) is 10.3 Å². The molecule has 168 valence electrons. The van der Waals surface area contributed by atoms with Gasteiger partial charge in [0.25, 0.3) is 6.08 Å². The van der Waals surface area contributed by atoms with Crippen LogP contribution in [-0.2, 0) is 13.0 Å². The molecule has 0 aliphatic carbocycles. The minimum absolute atomic E-state index is 0.172. The van der Waals surface area contributed by atoms with Crippen LogP contribution in [0, 0.1) is 0 Å². The molecule has 0 amide bonds. The van der Waals surface area contributed by atoms with Crippen molar-refractivity contribution in [3.63, 3.8) is 0 Å². The first-order chi connectivity index (χ1) is 15.5. The van der Waals surface area contributed by atoms with Gasteiger partial charge in [0.05, 0.1) is 6.54 Å². The van der Waals surface area contributed by atoms with Crippen molar-refractivity contribution in [2.75, 3.05) is 37.6 Å². The van der Waals surface area contributed by atoms with Crippen LogP contribution in [0.1, 0.15) is 11.4 Å². The molecule has 32 heavy (non-hydrogen) atoms. The molecule has 3 aromatic rings. The molecule has 0 spiro atoms. The van der Waals surface area contributed by atoms with Crippen LogP contribution in [0.2, 0.25) is 0 Å². The smallest absolute Gasteiger partial charge is 0.343 e. The number of aromatic amines is 1. The molecule has 0 atom stereocenters. The van der Waals surface area contributed by atoms with Gasteiger partial charge in [0, 0.05) is 50.4 Å². The van der Waals surface area contributed by atoms with Gasteiger partial charge < -0.3 is 16.0 Å². The molecule has 4 N–H and O–H groups in total. The maximum Gasteiger partial charge on any atom is 0.343 e. The maximum atomic E-state index is 13.0. The number of nitrogens with two attached hydrogens (primary N) is 1. The number of anilines is 1. The van der Waals surface area contributed by atoms with Gasteiger partial charge in [0.1, 0.15) is 5.82 Å². The van der Waals surface area contributed by atoms with E-state index in [0.717, 1.165) is 42.9 Å². The number of hydrogen-bond acceptors (Lipinski definition) is 5. The van der Waals surface area contributed by atoms with Gasteiger partial charge in [-0.1, -0.05) is 36.4 Å². The van der Waals surface area contributed by atoms with Gasteiger partial charge in [-0.15, -0.1) is 0 Å². The lowest BCUT2D eigenvalue weighted by atomic mass is 10.0. The van der Waals surface area contributed by atoms with Gasteiger partial charge in [-0.3, -0.25) is 4.57 Å². The van der Waals surface area contributed by atoms with Crippen LogP contribution in [0.25, 0.3) is 11.1 Å². The van der Waals surface area contributed by atoms with E-state index in [1.54, 1.807) is 0 Å². The molecule has 1 fully saturated rings. The van der Waals surface area contributed by atoms with Gasteiger partial charge in [-0.05, 0) is 28.8 Å². The Hall–Kier alpha value is -3.30. The lowest BCUT2D eigenvalue weighted by molar-refractivity contribution is 0.407. The highest BCUT2D eigenvalue weighted by Crippen LogP contribution is 2.24. The Labute approximate surface area is 184 Å².